The number of fused-ring (bicyclic) bond motifs is 3. The maximum absolute atomic E-state index is 13.7. The Morgan fingerprint density at radius 1 is 1.27 bits per heavy atom. The highest BCUT2D eigenvalue weighted by Gasteiger charge is 2.67. The van der Waals surface area contributed by atoms with Crippen LogP contribution >= 0.6 is 0 Å². The van der Waals surface area contributed by atoms with E-state index in [0.717, 1.165) is 5.56 Å². The normalized spacial score (nSPS) is 33.6. The van der Waals surface area contributed by atoms with E-state index >= 15 is 0 Å². The molecule has 1 aromatic rings. The molecular formula is C23H29N3O7. The highest BCUT2D eigenvalue weighted by molar-refractivity contribution is 6.25. The molecule has 2 unspecified atom stereocenters. The van der Waals surface area contributed by atoms with Crippen molar-refractivity contribution in [3.05, 3.63) is 28.3 Å². The number of nitrogens with zero attached hydrogens (tertiary/aromatic N) is 1. The second-order valence-corrected chi connectivity index (χ2v) is 9.47. The van der Waals surface area contributed by atoms with Crippen molar-refractivity contribution in [1.29, 1.82) is 0 Å². The van der Waals surface area contributed by atoms with Crippen LogP contribution in [0.4, 0.5) is 5.69 Å². The van der Waals surface area contributed by atoms with Gasteiger partial charge in [-0.1, -0.05) is 6.92 Å². The number of anilines is 1. The first-order valence-corrected chi connectivity index (χ1v) is 10.9. The van der Waals surface area contributed by atoms with Gasteiger partial charge in [-0.2, -0.15) is 0 Å². The Labute approximate surface area is 190 Å². The SMILES string of the molecule is CCc1cc(N)c(O)c2c1C[C@@H]1C[C@@H]3[C@@H](N(C)C)C(O)C(C(N)=O)C(=O)[C@]3(O)C(=O)C1=C2O. The first-order chi connectivity index (χ1) is 15.4. The summed E-state index contributed by atoms with van der Waals surface area (Å²) in [5, 5.41) is 44.1. The van der Waals surface area contributed by atoms with E-state index in [-0.39, 0.29) is 35.4 Å². The van der Waals surface area contributed by atoms with Gasteiger partial charge in [0.25, 0.3) is 0 Å². The van der Waals surface area contributed by atoms with Gasteiger partial charge < -0.3 is 36.8 Å². The lowest BCUT2D eigenvalue weighted by Gasteiger charge is -2.53. The number of aliphatic hydroxyl groups excluding tert-OH is 2. The fourth-order valence-electron chi connectivity index (χ4n) is 6.09. The summed E-state index contributed by atoms with van der Waals surface area (Å²) in [6, 6.07) is 0.714. The van der Waals surface area contributed by atoms with Gasteiger partial charge >= 0.3 is 0 Å². The molecule has 178 valence electrons. The quantitative estimate of drug-likeness (QED) is 0.192. The molecule has 10 nitrogen and oxygen atoms in total. The van der Waals surface area contributed by atoms with E-state index in [9.17, 15) is 34.8 Å². The number of aliphatic hydroxyl groups is 3. The third-order valence-corrected chi connectivity index (χ3v) is 7.59. The molecule has 10 heteroatoms. The molecule has 0 aromatic heterocycles. The predicted molar refractivity (Wildman–Crippen MR) is 118 cm³/mol. The molecular weight excluding hydrogens is 430 g/mol. The number of phenols is 1. The van der Waals surface area contributed by atoms with E-state index in [1.807, 2.05) is 6.92 Å². The lowest BCUT2D eigenvalue weighted by Crippen LogP contribution is -2.73. The molecule has 0 bridgehead atoms. The molecule has 0 aliphatic heterocycles. The lowest BCUT2D eigenvalue weighted by molar-refractivity contribution is -0.184. The van der Waals surface area contributed by atoms with Crippen molar-refractivity contribution in [2.24, 2.45) is 23.5 Å². The van der Waals surface area contributed by atoms with E-state index < -0.39 is 58.7 Å². The molecule has 1 aromatic carbocycles. The van der Waals surface area contributed by atoms with Gasteiger partial charge in [-0.15, -0.1) is 0 Å². The van der Waals surface area contributed by atoms with Crippen molar-refractivity contribution >= 4 is 28.9 Å². The van der Waals surface area contributed by atoms with Gasteiger partial charge in [-0.3, -0.25) is 14.4 Å². The molecule has 3 aliphatic rings. The van der Waals surface area contributed by atoms with Crippen molar-refractivity contribution in [1.82, 2.24) is 4.90 Å². The van der Waals surface area contributed by atoms with Gasteiger partial charge in [0.2, 0.25) is 11.7 Å². The smallest absolute Gasteiger partial charge is 0.230 e. The number of carbonyl (C=O) groups excluding carboxylic acids is 3. The lowest BCUT2D eigenvalue weighted by atomic mass is 9.54. The molecule has 2 saturated carbocycles. The highest BCUT2D eigenvalue weighted by Crippen LogP contribution is 2.53. The fourth-order valence-corrected chi connectivity index (χ4v) is 6.09. The monoisotopic (exact) mass is 459 g/mol. The minimum atomic E-state index is -2.66. The summed E-state index contributed by atoms with van der Waals surface area (Å²) in [4.78, 5) is 40.5. The average molecular weight is 459 g/mol. The number of nitrogen functional groups attached to an aromatic ring is 1. The largest absolute Gasteiger partial charge is 0.507 e. The van der Waals surface area contributed by atoms with Crippen LogP contribution in [0.1, 0.15) is 30.0 Å². The van der Waals surface area contributed by atoms with Crippen molar-refractivity contribution in [2.45, 2.75) is 43.9 Å². The minimum absolute atomic E-state index is 0.0207. The van der Waals surface area contributed by atoms with Crippen LogP contribution in [-0.2, 0) is 27.2 Å². The molecule has 1 amide bonds. The average Bonchev–Trinajstić information content (AvgIpc) is 2.72. The third kappa shape index (κ3) is 2.94. The van der Waals surface area contributed by atoms with Crippen LogP contribution in [0.15, 0.2) is 11.6 Å². The van der Waals surface area contributed by atoms with E-state index in [1.165, 1.54) is 0 Å². The topological polar surface area (TPSA) is 187 Å². The van der Waals surface area contributed by atoms with E-state index in [0.29, 0.717) is 12.0 Å². The van der Waals surface area contributed by atoms with Crippen LogP contribution in [0.3, 0.4) is 0 Å². The standard InChI is InChI=1S/C23H29N3O7/c1-4-8-7-12(24)17(27)14-10(8)5-9-6-11-16(26(2)3)19(29)15(22(25)32)21(31)23(11,33)20(30)13(9)18(14)28/h7,9,11,15-16,19,27-29,33H,4-6,24H2,1-3H3,(H2,25,32)/t9-,11-,15?,16-,19?,23-/m1/s1. The number of hydrogen-bond donors (Lipinski definition) is 6. The summed E-state index contributed by atoms with van der Waals surface area (Å²) in [5.41, 5.74) is 9.92. The maximum Gasteiger partial charge on any atom is 0.230 e. The number of carbonyl (C=O) groups is 3. The first-order valence-electron chi connectivity index (χ1n) is 10.9. The molecule has 0 heterocycles. The van der Waals surface area contributed by atoms with Gasteiger partial charge in [-0.25, -0.2) is 0 Å². The molecule has 2 fully saturated rings. The van der Waals surface area contributed by atoms with Crippen molar-refractivity contribution < 1.29 is 34.8 Å². The van der Waals surface area contributed by atoms with Crippen LogP contribution in [0.2, 0.25) is 0 Å². The number of amides is 1. The summed E-state index contributed by atoms with van der Waals surface area (Å²) in [6.45, 7) is 1.90. The third-order valence-electron chi connectivity index (χ3n) is 7.59. The number of ketones is 2. The van der Waals surface area contributed by atoms with E-state index in [2.05, 4.69) is 0 Å². The Bertz CT molecular complexity index is 1110. The number of phenolic OH excluding ortho intramolecular Hbond substituents is 1. The Balaban J connectivity index is 1.95. The number of aryl methyl sites for hydroxylation is 1. The number of rotatable bonds is 3. The van der Waals surface area contributed by atoms with Crippen LogP contribution in [-0.4, -0.2) is 74.6 Å². The molecule has 3 aliphatic carbocycles. The van der Waals surface area contributed by atoms with Gasteiger partial charge in [0, 0.05) is 17.5 Å². The van der Waals surface area contributed by atoms with Gasteiger partial charge in [0.1, 0.15) is 17.4 Å². The summed E-state index contributed by atoms with van der Waals surface area (Å²) >= 11 is 0. The summed E-state index contributed by atoms with van der Waals surface area (Å²) in [6.07, 6.45) is -0.574. The first kappa shape index (κ1) is 23.2. The number of aromatic hydroxyl groups is 1. The zero-order valence-electron chi connectivity index (χ0n) is 18.7. The Hall–Kier alpha value is -2.95. The molecule has 6 atom stereocenters. The predicted octanol–water partition coefficient (Wildman–Crippen LogP) is -0.726. The number of benzene rings is 1. The van der Waals surface area contributed by atoms with Crippen molar-refractivity contribution in [3.63, 3.8) is 0 Å². The van der Waals surface area contributed by atoms with Crippen LogP contribution in [0.5, 0.6) is 5.75 Å². The van der Waals surface area contributed by atoms with Crippen molar-refractivity contribution in [3.8, 4) is 5.75 Å². The molecule has 0 radical (unpaired) electrons. The van der Waals surface area contributed by atoms with Gasteiger partial charge in [-0.05, 0) is 56.5 Å². The number of primary amides is 1. The Morgan fingerprint density at radius 2 is 1.91 bits per heavy atom. The number of Topliss-reactive ketones (excluding diaryl/α,β-unsaturated/α-hetero) is 2. The van der Waals surface area contributed by atoms with E-state index in [1.54, 1.807) is 25.1 Å². The minimum Gasteiger partial charge on any atom is -0.507 e. The summed E-state index contributed by atoms with van der Waals surface area (Å²) in [5.74, 6) is -7.66. The number of hydrogen-bond acceptors (Lipinski definition) is 9. The highest BCUT2D eigenvalue weighted by atomic mass is 16.3. The van der Waals surface area contributed by atoms with Gasteiger partial charge in [0.05, 0.1) is 17.4 Å². The Kier molecular flexibility index (Phi) is 5.31. The fraction of sp³-hybridized carbons (Fsp3) is 0.522. The summed E-state index contributed by atoms with van der Waals surface area (Å²) < 4.78 is 0. The maximum atomic E-state index is 13.7. The molecule has 8 N–H and O–H groups in total. The van der Waals surface area contributed by atoms with Crippen molar-refractivity contribution in [2.75, 3.05) is 19.8 Å². The van der Waals surface area contributed by atoms with Crippen LogP contribution in [0.25, 0.3) is 5.76 Å². The molecule has 33 heavy (non-hydrogen) atoms. The van der Waals surface area contributed by atoms with E-state index in [4.69, 9.17) is 11.5 Å². The number of nitrogens with two attached hydrogens (primary N) is 2. The second kappa shape index (κ2) is 7.54. The molecule has 0 saturated heterocycles. The zero-order valence-corrected chi connectivity index (χ0v) is 18.7. The molecule has 4 rings (SSSR count). The Morgan fingerprint density at radius 3 is 2.45 bits per heavy atom. The zero-order chi connectivity index (χ0) is 24.6. The van der Waals surface area contributed by atoms with Crippen LogP contribution in [0, 0.1) is 17.8 Å². The summed E-state index contributed by atoms with van der Waals surface area (Å²) in [7, 11) is 3.23. The van der Waals surface area contributed by atoms with Crippen LogP contribution < -0.4 is 11.5 Å². The second-order valence-electron chi connectivity index (χ2n) is 9.47. The van der Waals surface area contributed by atoms with Gasteiger partial charge in [0.15, 0.2) is 11.4 Å². The molecule has 0 spiro atoms. The number of likely N-dealkylation sites (N-methyl/N-ethyl adjacent to an activating group) is 1.